The van der Waals surface area contributed by atoms with Gasteiger partial charge < -0.3 is 13.4 Å². The summed E-state index contributed by atoms with van der Waals surface area (Å²) in [6.45, 7) is 0. The number of pyridine rings is 2. The van der Waals surface area contributed by atoms with Gasteiger partial charge in [-0.1, -0.05) is 78.9 Å². The maximum absolute atomic E-state index is 6.82. The van der Waals surface area contributed by atoms with Crippen LogP contribution < -0.4 is 4.74 Å². The Bertz CT molecular complexity index is 2420. The first-order valence-electron chi connectivity index (χ1n) is 15.0. The highest BCUT2D eigenvalue weighted by Gasteiger charge is 2.24. The van der Waals surface area contributed by atoms with E-state index in [1.807, 2.05) is 48.8 Å². The SMILES string of the molecule is c1cncc(-c2ccc(-c3ccc4c(c3)Oc3cccc5oc6cc(-c7ccc(-c8cccnc8)cc7)ccc6op-4c35)cc2)c1. The van der Waals surface area contributed by atoms with Gasteiger partial charge in [-0.25, -0.2) is 0 Å². The van der Waals surface area contributed by atoms with Gasteiger partial charge in [-0.05, 0) is 93.0 Å². The van der Waals surface area contributed by atoms with Crippen LogP contribution in [0.3, 0.4) is 0 Å². The molecule has 46 heavy (non-hydrogen) atoms. The minimum absolute atomic E-state index is 0.686. The molecule has 0 spiro atoms. The van der Waals surface area contributed by atoms with Crippen molar-refractivity contribution < 1.29 is 13.4 Å². The molecule has 9 rings (SSSR count). The van der Waals surface area contributed by atoms with Gasteiger partial charge in [0.15, 0.2) is 11.2 Å². The summed E-state index contributed by atoms with van der Waals surface area (Å²) in [4.78, 5) is 8.49. The van der Waals surface area contributed by atoms with Crippen LogP contribution in [0.1, 0.15) is 0 Å². The second kappa shape index (κ2) is 10.9. The molecular formula is C40H25N2O3P. The van der Waals surface area contributed by atoms with E-state index < -0.39 is 7.77 Å². The van der Waals surface area contributed by atoms with Crippen molar-refractivity contribution >= 4 is 29.6 Å². The molecule has 3 aromatic heterocycles. The second-order valence-corrected chi connectivity index (χ2v) is 12.9. The van der Waals surface area contributed by atoms with Gasteiger partial charge in [0, 0.05) is 24.8 Å². The Balaban J connectivity index is 1.11. The molecule has 8 aromatic rings. The highest BCUT2D eigenvalue weighted by molar-refractivity contribution is 7.57. The molecule has 4 heterocycles. The number of nitrogens with zero attached hydrogens (tertiary/aromatic N) is 2. The summed E-state index contributed by atoms with van der Waals surface area (Å²) in [6, 6.07) is 43.6. The fourth-order valence-corrected chi connectivity index (χ4v) is 7.92. The number of aromatic nitrogens is 2. The molecule has 0 saturated heterocycles. The lowest BCUT2D eigenvalue weighted by Gasteiger charge is -2.19. The minimum Gasteiger partial charge on any atom is -0.455 e. The summed E-state index contributed by atoms with van der Waals surface area (Å²) < 4.78 is 19.9. The maximum Gasteiger partial charge on any atom is 0.173 e. The first-order chi connectivity index (χ1) is 22.8. The molecule has 5 aromatic carbocycles. The molecule has 218 valence electrons. The Morgan fingerprint density at radius 1 is 0.435 bits per heavy atom. The first-order valence-corrected chi connectivity index (χ1v) is 16.3. The van der Waals surface area contributed by atoms with E-state index in [1.54, 1.807) is 12.4 Å². The zero-order valence-electron chi connectivity index (χ0n) is 24.5. The second-order valence-electron chi connectivity index (χ2n) is 11.2. The highest BCUT2D eigenvalue weighted by atomic mass is 31.1. The van der Waals surface area contributed by atoms with E-state index in [4.69, 9.17) is 13.4 Å². The molecule has 1 atom stereocenters. The van der Waals surface area contributed by atoms with Crippen LogP contribution in [0.2, 0.25) is 0 Å². The third kappa shape index (κ3) is 4.66. The molecule has 1 aliphatic rings. The fourth-order valence-electron chi connectivity index (χ4n) is 5.98. The van der Waals surface area contributed by atoms with Crippen molar-refractivity contribution in [2.45, 2.75) is 0 Å². The topological polar surface area (TPSA) is 61.3 Å². The number of hydrogen-bond acceptors (Lipinski definition) is 5. The van der Waals surface area contributed by atoms with Gasteiger partial charge in [0.25, 0.3) is 0 Å². The quantitative estimate of drug-likeness (QED) is 0.198. The summed E-state index contributed by atoms with van der Waals surface area (Å²) in [6.07, 6.45) is 7.34. The monoisotopic (exact) mass is 612 g/mol. The molecule has 0 bridgehead atoms. The largest absolute Gasteiger partial charge is 0.455 e. The normalized spacial score (nSPS) is 12.0. The summed E-state index contributed by atoms with van der Waals surface area (Å²) in [5.74, 6) is 1.57. The van der Waals surface area contributed by atoms with Crippen LogP contribution >= 0.6 is 7.77 Å². The van der Waals surface area contributed by atoms with E-state index in [9.17, 15) is 0 Å². The van der Waals surface area contributed by atoms with Crippen molar-refractivity contribution in [2.24, 2.45) is 0 Å². The van der Waals surface area contributed by atoms with Crippen molar-refractivity contribution in [3.05, 3.63) is 152 Å². The summed E-state index contributed by atoms with van der Waals surface area (Å²) in [7, 11) is -1.22. The van der Waals surface area contributed by atoms with Crippen molar-refractivity contribution in [2.75, 3.05) is 0 Å². The van der Waals surface area contributed by atoms with Crippen LogP contribution in [0.15, 0.2) is 161 Å². The van der Waals surface area contributed by atoms with E-state index in [-0.39, 0.29) is 0 Å². The number of hydrogen-bond donors (Lipinski definition) is 0. The molecule has 6 heteroatoms. The summed E-state index contributed by atoms with van der Waals surface area (Å²) in [5.41, 5.74) is 10.9. The highest BCUT2D eigenvalue weighted by Crippen LogP contribution is 2.58. The van der Waals surface area contributed by atoms with Gasteiger partial charge >= 0.3 is 0 Å². The molecule has 0 radical (unpaired) electrons. The number of ether oxygens (including phenoxy) is 1. The van der Waals surface area contributed by atoms with Gasteiger partial charge in [-0.3, -0.25) is 9.97 Å². The van der Waals surface area contributed by atoms with Crippen LogP contribution in [-0.4, -0.2) is 9.97 Å². The standard InChI is InChI=1S/C40H25N2O3P/c1-6-35-40-36(7-1)44-38-23-31(27-10-14-29(15-11-27)33-5-3-21-42-25-33)17-19-39(38)46(40)45-34-18-16-30(22-37(34)43-35)26-8-12-28(13-9-26)32-4-2-20-41-24-32/h1-25H. The predicted octanol–water partition coefficient (Wildman–Crippen LogP) is 11.8. The molecule has 0 aliphatic carbocycles. The first kappa shape index (κ1) is 26.5. The van der Waals surface area contributed by atoms with E-state index in [0.29, 0.717) is 11.2 Å². The Kier molecular flexibility index (Phi) is 6.29. The third-order valence-corrected chi connectivity index (χ3v) is 10.4. The zero-order chi connectivity index (χ0) is 30.5. The molecular weight excluding hydrogens is 587 g/mol. The summed E-state index contributed by atoms with van der Waals surface area (Å²) >= 11 is 0. The fraction of sp³-hybridized carbons (Fsp3) is 0. The number of fused-ring (bicyclic) bond motifs is 3. The molecule has 0 amide bonds. The van der Waals surface area contributed by atoms with Crippen LogP contribution in [0, 0.1) is 0 Å². The van der Waals surface area contributed by atoms with E-state index in [1.165, 1.54) is 0 Å². The van der Waals surface area contributed by atoms with Crippen LogP contribution in [-0.2, 0) is 0 Å². The number of benzene rings is 5. The Morgan fingerprint density at radius 2 is 1.02 bits per heavy atom. The van der Waals surface area contributed by atoms with Gasteiger partial charge in [0.2, 0.25) is 0 Å². The van der Waals surface area contributed by atoms with Crippen molar-refractivity contribution in [1.82, 2.24) is 9.97 Å². The van der Waals surface area contributed by atoms with E-state index >= 15 is 0 Å². The predicted molar refractivity (Wildman–Crippen MR) is 185 cm³/mol. The lowest BCUT2D eigenvalue weighted by molar-refractivity contribution is 0.489. The zero-order valence-corrected chi connectivity index (χ0v) is 25.4. The van der Waals surface area contributed by atoms with Gasteiger partial charge in [-0.2, -0.15) is 0 Å². The van der Waals surface area contributed by atoms with Gasteiger partial charge in [-0.15, -0.1) is 0 Å². The van der Waals surface area contributed by atoms with Crippen LogP contribution in [0.4, 0.5) is 0 Å². The van der Waals surface area contributed by atoms with Crippen LogP contribution in [0.25, 0.3) is 71.7 Å². The minimum atomic E-state index is -1.22. The van der Waals surface area contributed by atoms with Crippen molar-refractivity contribution in [3.63, 3.8) is 0 Å². The Hall–Kier alpha value is -5.90. The number of rotatable bonds is 4. The molecule has 0 saturated carbocycles. The average molecular weight is 613 g/mol. The molecule has 1 unspecified atom stereocenters. The summed E-state index contributed by atoms with van der Waals surface area (Å²) in [5, 5.41) is 1.98. The van der Waals surface area contributed by atoms with E-state index in [0.717, 1.165) is 72.0 Å². The van der Waals surface area contributed by atoms with Crippen molar-refractivity contribution in [3.8, 4) is 61.3 Å². The van der Waals surface area contributed by atoms with Gasteiger partial charge in [0.05, 0.1) is 13.1 Å². The Labute approximate surface area is 265 Å². The third-order valence-electron chi connectivity index (χ3n) is 8.34. The lowest BCUT2D eigenvalue weighted by atomic mass is 10.0. The smallest absolute Gasteiger partial charge is 0.173 e. The molecule has 0 N–H and O–H groups in total. The average Bonchev–Trinajstić information content (AvgIpc) is 3.30. The van der Waals surface area contributed by atoms with Crippen molar-refractivity contribution in [1.29, 1.82) is 0 Å². The maximum atomic E-state index is 6.82. The molecule has 5 nitrogen and oxygen atoms in total. The molecule has 1 aliphatic heterocycles. The van der Waals surface area contributed by atoms with Crippen LogP contribution in [0.5, 0.6) is 11.5 Å². The Morgan fingerprint density at radius 3 is 1.65 bits per heavy atom. The van der Waals surface area contributed by atoms with E-state index in [2.05, 4.69) is 101 Å². The molecule has 0 fully saturated rings. The lowest BCUT2D eigenvalue weighted by Crippen LogP contribution is -1.92. The van der Waals surface area contributed by atoms with Gasteiger partial charge in [0.1, 0.15) is 22.2 Å².